The number of thioether (sulfide) groups is 1. The highest BCUT2D eigenvalue weighted by atomic mass is 35.5. The molecule has 3 nitrogen and oxygen atoms in total. The molecule has 0 saturated carbocycles. The molecule has 1 rings (SSSR count). The van der Waals surface area contributed by atoms with Crippen LogP contribution in [0.4, 0.5) is 0 Å². The van der Waals surface area contributed by atoms with Gasteiger partial charge >= 0.3 is 5.97 Å². The van der Waals surface area contributed by atoms with E-state index in [0.29, 0.717) is 11.4 Å². The van der Waals surface area contributed by atoms with Crippen molar-refractivity contribution in [3.63, 3.8) is 0 Å². The van der Waals surface area contributed by atoms with E-state index in [9.17, 15) is 4.79 Å². The van der Waals surface area contributed by atoms with Crippen LogP contribution in [0.5, 0.6) is 0 Å². The number of esters is 1. The third-order valence-corrected chi connectivity index (χ3v) is 4.48. The average molecular weight is 336 g/mol. The fraction of sp³-hybridized carbons (Fsp3) is 0.500. The van der Waals surface area contributed by atoms with Crippen molar-refractivity contribution in [2.45, 2.75) is 17.7 Å². The number of rotatable bonds is 8. The van der Waals surface area contributed by atoms with Gasteiger partial charge < -0.3 is 9.64 Å². The van der Waals surface area contributed by atoms with Crippen LogP contribution in [0.25, 0.3) is 0 Å². The molecule has 0 aliphatic rings. The number of halogens is 2. The van der Waals surface area contributed by atoms with Crippen LogP contribution < -0.4 is 0 Å². The monoisotopic (exact) mass is 335 g/mol. The summed E-state index contributed by atoms with van der Waals surface area (Å²) in [6.45, 7) is 1.80. The minimum atomic E-state index is -0.154. The third kappa shape index (κ3) is 6.84. The number of carbonyl (C=O) groups excluding carboxylic acids is 1. The van der Waals surface area contributed by atoms with Crippen LogP contribution in [-0.2, 0) is 9.53 Å². The average Bonchev–Trinajstić information content (AvgIpc) is 2.42. The van der Waals surface area contributed by atoms with Gasteiger partial charge in [0.15, 0.2) is 0 Å². The molecule has 0 aromatic heterocycles. The van der Waals surface area contributed by atoms with E-state index in [0.717, 1.165) is 35.2 Å². The van der Waals surface area contributed by atoms with Crippen molar-refractivity contribution in [2.24, 2.45) is 0 Å². The molecule has 1 aromatic carbocycles. The van der Waals surface area contributed by atoms with Crippen LogP contribution in [0.2, 0.25) is 10.0 Å². The lowest BCUT2D eigenvalue weighted by molar-refractivity contribution is -0.140. The summed E-state index contributed by atoms with van der Waals surface area (Å²) in [6, 6.07) is 5.48. The molecule has 0 atom stereocenters. The van der Waals surface area contributed by atoms with E-state index < -0.39 is 0 Å². The van der Waals surface area contributed by atoms with Crippen LogP contribution in [0.1, 0.15) is 12.8 Å². The quantitative estimate of drug-likeness (QED) is 0.531. The van der Waals surface area contributed by atoms with Crippen LogP contribution in [0, 0.1) is 0 Å². The fourth-order valence-electron chi connectivity index (χ4n) is 1.61. The Hall–Kier alpha value is -0.420. The first-order chi connectivity index (χ1) is 9.52. The maximum atomic E-state index is 11.0. The van der Waals surface area contributed by atoms with Crippen molar-refractivity contribution in [1.82, 2.24) is 4.90 Å². The molecule has 0 bridgehead atoms. The van der Waals surface area contributed by atoms with Gasteiger partial charge in [0.25, 0.3) is 0 Å². The molecular formula is C14H19Cl2NO2S. The molecule has 0 fully saturated rings. The Balaban J connectivity index is 2.23. The molecule has 0 spiro atoms. The molecule has 0 unspecified atom stereocenters. The largest absolute Gasteiger partial charge is 0.469 e. The highest BCUT2D eigenvalue weighted by Gasteiger charge is 2.05. The van der Waals surface area contributed by atoms with Crippen molar-refractivity contribution in [2.75, 3.05) is 33.0 Å². The second-order valence-corrected chi connectivity index (χ2v) is 6.39. The second-order valence-electron chi connectivity index (χ2n) is 4.41. The Bertz CT molecular complexity index is 443. The normalized spacial score (nSPS) is 10.8. The summed E-state index contributed by atoms with van der Waals surface area (Å²) in [5, 5.41) is 1.43. The van der Waals surface area contributed by atoms with Crippen LogP contribution >= 0.6 is 35.0 Å². The lowest BCUT2D eigenvalue weighted by atomic mass is 10.3. The van der Waals surface area contributed by atoms with E-state index in [-0.39, 0.29) is 5.97 Å². The maximum absolute atomic E-state index is 11.0. The third-order valence-electron chi connectivity index (χ3n) is 2.77. The van der Waals surface area contributed by atoms with Gasteiger partial charge in [0.2, 0.25) is 0 Å². The number of carbonyl (C=O) groups is 1. The van der Waals surface area contributed by atoms with Crippen LogP contribution in [0.15, 0.2) is 23.1 Å². The summed E-state index contributed by atoms with van der Waals surface area (Å²) in [5.41, 5.74) is 0. The summed E-state index contributed by atoms with van der Waals surface area (Å²) >= 11 is 13.7. The van der Waals surface area contributed by atoms with Gasteiger partial charge in [-0.15, -0.1) is 11.8 Å². The molecule has 0 heterocycles. The Kier molecular flexibility index (Phi) is 8.38. The van der Waals surface area contributed by atoms with E-state index in [1.165, 1.54) is 7.11 Å². The lowest BCUT2D eigenvalue weighted by Gasteiger charge is -2.16. The number of methoxy groups -OCH3 is 1. The van der Waals surface area contributed by atoms with Gasteiger partial charge in [-0.05, 0) is 38.2 Å². The first-order valence-corrected chi connectivity index (χ1v) is 8.10. The van der Waals surface area contributed by atoms with Crippen molar-refractivity contribution in [1.29, 1.82) is 0 Å². The molecule has 0 aliphatic heterocycles. The van der Waals surface area contributed by atoms with Crippen molar-refractivity contribution < 1.29 is 9.53 Å². The summed E-state index contributed by atoms with van der Waals surface area (Å²) in [5.74, 6) is 0.771. The van der Waals surface area contributed by atoms with E-state index in [2.05, 4.69) is 9.64 Å². The van der Waals surface area contributed by atoms with Crippen LogP contribution in [-0.4, -0.2) is 43.9 Å². The minimum Gasteiger partial charge on any atom is -0.469 e. The Morgan fingerprint density at radius 2 is 2.10 bits per heavy atom. The number of benzene rings is 1. The predicted molar refractivity (Wildman–Crippen MR) is 85.9 cm³/mol. The molecule has 1 aromatic rings. The fourth-order valence-corrected chi connectivity index (χ4v) is 3.16. The molecule has 0 N–H and O–H groups in total. The van der Waals surface area contributed by atoms with Gasteiger partial charge in [-0.3, -0.25) is 4.79 Å². The Morgan fingerprint density at radius 3 is 2.80 bits per heavy atom. The van der Waals surface area contributed by atoms with E-state index in [4.69, 9.17) is 23.2 Å². The smallest absolute Gasteiger partial charge is 0.305 e. The molecule has 112 valence electrons. The zero-order chi connectivity index (χ0) is 15.0. The molecule has 20 heavy (non-hydrogen) atoms. The standard InChI is InChI=1S/C14H19Cl2NO2S/c1-17(7-3-4-14(18)19-2)8-9-20-13-10-11(15)5-6-12(13)16/h5-6,10H,3-4,7-9H2,1-2H3. The van der Waals surface area contributed by atoms with Crippen molar-refractivity contribution in [3.05, 3.63) is 28.2 Å². The van der Waals surface area contributed by atoms with Gasteiger partial charge in [0.1, 0.15) is 0 Å². The lowest BCUT2D eigenvalue weighted by Crippen LogP contribution is -2.23. The molecule has 0 saturated heterocycles. The molecule has 0 aliphatic carbocycles. The van der Waals surface area contributed by atoms with E-state index in [1.54, 1.807) is 17.8 Å². The van der Waals surface area contributed by atoms with Gasteiger partial charge in [0.05, 0.1) is 12.1 Å². The first kappa shape index (κ1) is 17.6. The van der Waals surface area contributed by atoms with E-state index in [1.807, 2.05) is 19.2 Å². The van der Waals surface area contributed by atoms with Crippen molar-refractivity contribution in [3.8, 4) is 0 Å². The van der Waals surface area contributed by atoms with Crippen molar-refractivity contribution >= 4 is 40.9 Å². The highest BCUT2D eigenvalue weighted by Crippen LogP contribution is 2.29. The Labute approximate surface area is 134 Å². The zero-order valence-corrected chi connectivity index (χ0v) is 14.0. The number of nitrogens with zero attached hydrogens (tertiary/aromatic N) is 1. The number of hydrogen-bond donors (Lipinski definition) is 0. The molecule has 0 amide bonds. The van der Waals surface area contributed by atoms with Gasteiger partial charge in [-0.1, -0.05) is 23.2 Å². The van der Waals surface area contributed by atoms with E-state index >= 15 is 0 Å². The van der Waals surface area contributed by atoms with Crippen LogP contribution in [0.3, 0.4) is 0 Å². The summed E-state index contributed by atoms with van der Waals surface area (Å²) in [7, 11) is 3.45. The molecule has 0 radical (unpaired) electrons. The summed E-state index contributed by atoms with van der Waals surface area (Å²) in [4.78, 5) is 14.2. The first-order valence-electron chi connectivity index (χ1n) is 6.36. The molecular weight excluding hydrogens is 317 g/mol. The SMILES string of the molecule is COC(=O)CCCN(C)CCSc1cc(Cl)ccc1Cl. The topological polar surface area (TPSA) is 29.5 Å². The maximum Gasteiger partial charge on any atom is 0.305 e. The molecule has 6 heteroatoms. The second kappa shape index (κ2) is 9.50. The number of hydrogen-bond acceptors (Lipinski definition) is 4. The van der Waals surface area contributed by atoms with Gasteiger partial charge in [0, 0.05) is 28.6 Å². The zero-order valence-electron chi connectivity index (χ0n) is 11.7. The minimum absolute atomic E-state index is 0.154. The van der Waals surface area contributed by atoms with Gasteiger partial charge in [-0.25, -0.2) is 0 Å². The summed E-state index contributed by atoms with van der Waals surface area (Å²) < 4.78 is 4.61. The highest BCUT2D eigenvalue weighted by molar-refractivity contribution is 7.99. The Morgan fingerprint density at radius 1 is 1.35 bits per heavy atom. The van der Waals surface area contributed by atoms with Gasteiger partial charge in [-0.2, -0.15) is 0 Å². The predicted octanol–water partition coefficient (Wildman–Crippen LogP) is 3.97. The summed E-state index contributed by atoms with van der Waals surface area (Å²) in [6.07, 6.45) is 1.28. The number of ether oxygens (including phenoxy) is 1.